The molecule has 1 fully saturated rings. The lowest BCUT2D eigenvalue weighted by Crippen LogP contribution is -2.28. The zero-order valence-electron chi connectivity index (χ0n) is 19.5. The monoisotopic (exact) mass is 468 g/mol. The van der Waals surface area contributed by atoms with Crippen molar-refractivity contribution in [2.45, 2.75) is 38.0 Å². The largest absolute Gasteiger partial charge is 0.490 e. The average Bonchev–Trinajstić information content (AvgIpc) is 3.32. The van der Waals surface area contributed by atoms with Gasteiger partial charge in [-0.25, -0.2) is 0 Å². The first kappa shape index (κ1) is 21.7. The Morgan fingerprint density at radius 2 is 1.74 bits per heavy atom. The molecule has 6 heteroatoms. The van der Waals surface area contributed by atoms with E-state index in [0.717, 1.165) is 59.3 Å². The highest BCUT2D eigenvalue weighted by Crippen LogP contribution is 2.41. The van der Waals surface area contributed by atoms with Crippen LogP contribution in [-0.2, 0) is 4.79 Å². The third-order valence-electron chi connectivity index (χ3n) is 7.36. The minimum atomic E-state index is -0.677. The van der Waals surface area contributed by atoms with Crippen LogP contribution in [0.4, 0.5) is 11.7 Å². The predicted molar refractivity (Wildman–Crippen MR) is 135 cm³/mol. The lowest BCUT2D eigenvalue weighted by atomic mass is 9.77. The number of benzene rings is 3. The number of rotatable bonds is 5. The number of anilines is 2. The molecule has 3 aromatic carbocycles. The van der Waals surface area contributed by atoms with Crippen molar-refractivity contribution in [1.82, 2.24) is 4.98 Å². The summed E-state index contributed by atoms with van der Waals surface area (Å²) in [5.74, 6) is 0.999. The summed E-state index contributed by atoms with van der Waals surface area (Å²) >= 11 is 0. The maximum atomic E-state index is 11.0. The Labute approximate surface area is 204 Å². The Morgan fingerprint density at radius 1 is 0.971 bits per heavy atom. The highest BCUT2D eigenvalue weighted by Gasteiger charge is 2.25. The van der Waals surface area contributed by atoms with Crippen molar-refractivity contribution in [2.24, 2.45) is 5.92 Å². The van der Waals surface area contributed by atoms with Crippen molar-refractivity contribution >= 4 is 28.8 Å². The number of oxazole rings is 1. The molecule has 0 amide bonds. The number of para-hydroxylation sites is 2. The smallest absolute Gasteiger partial charge is 0.303 e. The van der Waals surface area contributed by atoms with Gasteiger partial charge in [0.05, 0.1) is 12.2 Å². The van der Waals surface area contributed by atoms with E-state index in [2.05, 4.69) is 52.3 Å². The van der Waals surface area contributed by atoms with Crippen LogP contribution in [0.2, 0.25) is 0 Å². The molecule has 1 aromatic heterocycles. The van der Waals surface area contributed by atoms with Gasteiger partial charge in [0, 0.05) is 6.42 Å². The highest BCUT2D eigenvalue weighted by atomic mass is 16.5. The number of aromatic nitrogens is 1. The molecular formula is C29H28N2O4. The lowest BCUT2D eigenvalue weighted by Gasteiger charge is -2.29. The molecule has 0 saturated heterocycles. The third kappa shape index (κ3) is 4.36. The van der Waals surface area contributed by atoms with Gasteiger partial charge >= 0.3 is 12.0 Å². The van der Waals surface area contributed by atoms with Crippen LogP contribution in [0.1, 0.15) is 43.6 Å². The van der Waals surface area contributed by atoms with Crippen LogP contribution >= 0.6 is 0 Å². The van der Waals surface area contributed by atoms with Crippen LogP contribution in [-0.4, -0.2) is 29.2 Å². The molecule has 4 aromatic rings. The topological polar surface area (TPSA) is 75.8 Å². The van der Waals surface area contributed by atoms with Crippen molar-refractivity contribution in [3.05, 3.63) is 72.3 Å². The zero-order chi connectivity index (χ0) is 23.8. The summed E-state index contributed by atoms with van der Waals surface area (Å²) in [5, 5.41) is 9.04. The predicted octanol–water partition coefficient (Wildman–Crippen LogP) is 6.77. The van der Waals surface area contributed by atoms with Gasteiger partial charge in [-0.3, -0.25) is 9.69 Å². The first-order valence-electron chi connectivity index (χ1n) is 12.4. The molecule has 6 rings (SSSR count). The van der Waals surface area contributed by atoms with Gasteiger partial charge in [0.25, 0.3) is 0 Å². The van der Waals surface area contributed by atoms with Crippen LogP contribution in [0, 0.1) is 5.92 Å². The fourth-order valence-electron chi connectivity index (χ4n) is 5.47. The Hall–Kier alpha value is -3.80. The van der Waals surface area contributed by atoms with E-state index < -0.39 is 5.97 Å². The SMILES string of the molecule is O=C(O)C[C@H]1CC[C@H](c2ccc(-c3ccc4c(c3)OCCN4c3nc4ccccc4o3)cc2)CC1. The van der Waals surface area contributed by atoms with E-state index in [1.165, 1.54) is 5.56 Å². The maximum absolute atomic E-state index is 11.0. The summed E-state index contributed by atoms with van der Waals surface area (Å²) in [4.78, 5) is 17.7. The minimum absolute atomic E-state index is 0.301. The molecule has 1 aliphatic carbocycles. The number of carbonyl (C=O) groups is 1. The second kappa shape index (κ2) is 9.10. The summed E-state index contributed by atoms with van der Waals surface area (Å²) < 4.78 is 12.0. The van der Waals surface area contributed by atoms with E-state index in [-0.39, 0.29) is 0 Å². The first-order chi connectivity index (χ1) is 17.1. The molecule has 1 saturated carbocycles. The van der Waals surface area contributed by atoms with Crippen molar-refractivity contribution < 1.29 is 19.1 Å². The van der Waals surface area contributed by atoms with Crippen LogP contribution in [0.3, 0.4) is 0 Å². The second-order valence-corrected chi connectivity index (χ2v) is 9.58. The number of fused-ring (bicyclic) bond motifs is 2. The molecular weight excluding hydrogens is 440 g/mol. The average molecular weight is 469 g/mol. The molecule has 35 heavy (non-hydrogen) atoms. The zero-order valence-corrected chi connectivity index (χ0v) is 19.5. The molecule has 0 radical (unpaired) electrons. The standard InChI is InChI=1S/C29H28N2O4/c32-28(33)17-19-5-7-20(8-6-19)21-9-11-22(12-10-21)23-13-14-25-27(18-23)34-16-15-31(25)29-30-24-3-1-2-4-26(24)35-29/h1-4,9-14,18-20H,5-8,15-17H2,(H,32,33)/t19-,20-. The number of aliphatic carboxylic acids is 1. The van der Waals surface area contributed by atoms with E-state index in [1.54, 1.807) is 0 Å². The fourth-order valence-corrected chi connectivity index (χ4v) is 5.47. The molecule has 0 spiro atoms. The van der Waals surface area contributed by atoms with Crippen molar-refractivity contribution in [3.8, 4) is 16.9 Å². The van der Waals surface area contributed by atoms with E-state index in [1.807, 2.05) is 24.3 Å². The molecule has 0 atom stereocenters. The van der Waals surface area contributed by atoms with Crippen LogP contribution in [0.15, 0.2) is 71.1 Å². The van der Waals surface area contributed by atoms with Crippen LogP contribution in [0.5, 0.6) is 5.75 Å². The van der Waals surface area contributed by atoms with E-state index in [0.29, 0.717) is 37.4 Å². The summed E-state index contributed by atoms with van der Waals surface area (Å²) in [7, 11) is 0. The van der Waals surface area contributed by atoms with Crippen molar-refractivity contribution in [2.75, 3.05) is 18.1 Å². The number of hydrogen-bond donors (Lipinski definition) is 1. The normalized spacial score (nSPS) is 19.8. The minimum Gasteiger partial charge on any atom is -0.490 e. The second-order valence-electron chi connectivity index (χ2n) is 9.58. The van der Waals surface area contributed by atoms with Gasteiger partial charge in [-0.1, -0.05) is 42.5 Å². The molecule has 0 bridgehead atoms. The van der Waals surface area contributed by atoms with Crippen LogP contribution < -0.4 is 9.64 Å². The molecule has 2 aliphatic rings. The molecule has 1 aliphatic heterocycles. The third-order valence-corrected chi connectivity index (χ3v) is 7.36. The number of nitrogens with zero attached hydrogens (tertiary/aromatic N) is 2. The Morgan fingerprint density at radius 3 is 2.51 bits per heavy atom. The highest BCUT2D eigenvalue weighted by molar-refractivity contribution is 5.78. The van der Waals surface area contributed by atoms with Crippen LogP contribution in [0.25, 0.3) is 22.2 Å². The molecule has 0 unspecified atom stereocenters. The number of carboxylic acid groups (broad SMARTS) is 1. The first-order valence-corrected chi connectivity index (χ1v) is 12.4. The molecule has 2 heterocycles. The van der Waals surface area contributed by atoms with E-state index >= 15 is 0 Å². The van der Waals surface area contributed by atoms with E-state index in [9.17, 15) is 4.79 Å². The molecule has 1 N–H and O–H groups in total. The van der Waals surface area contributed by atoms with Gasteiger partial charge in [0.2, 0.25) is 0 Å². The summed E-state index contributed by atoms with van der Waals surface area (Å²) in [5.41, 5.74) is 6.20. The van der Waals surface area contributed by atoms with Gasteiger partial charge in [-0.2, -0.15) is 4.98 Å². The lowest BCUT2D eigenvalue weighted by molar-refractivity contribution is -0.138. The quantitative estimate of drug-likeness (QED) is 0.348. The maximum Gasteiger partial charge on any atom is 0.303 e. The van der Waals surface area contributed by atoms with Gasteiger partial charge in [0.15, 0.2) is 5.58 Å². The van der Waals surface area contributed by atoms with Crippen molar-refractivity contribution in [1.29, 1.82) is 0 Å². The molecule has 6 nitrogen and oxygen atoms in total. The Kier molecular flexibility index (Phi) is 5.64. The summed E-state index contributed by atoms with van der Waals surface area (Å²) in [6, 6.07) is 23.5. The summed E-state index contributed by atoms with van der Waals surface area (Å²) in [6.07, 6.45) is 4.43. The van der Waals surface area contributed by atoms with E-state index in [4.69, 9.17) is 14.3 Å². The van der Waals surface area contributed by atoms with Crippen molar-refractivity contribution in [3.63, 3.8) is 0 Å². The fraction of sp³-hybridized carbons (Fsp3) is 0.310. The number of carboxylic acids is 1. The Balaban J connectivity index is 1.19. The number of ether oxygens (including phenoxy) is 1. The van der Waals surface area contributed by atoms with Gasteiger partial charge in [-0.15, -0.1) is 0 Å². The molecule has 178 valence electrons. The summed E-state index contributed by atoms with van der Waals surface area (Å²) in [6.45, 7) is 1.25. The Bertz CT molecular complexity index is 1320. The van der Waals surface area contributed by atoms with Gasteiger partial charge in [0.1, 0.15) is 17.9 Å². The van der Waals surface area contributed by atoms with Gasteiger partial charge in [-0.05, 0) is 78.5 Å². The van der Waals surface area contributed by atoms with Gasteiger partial charge < -0.3 is 14.3 Å². The number of hydrogen-bond acceptors (Lipinski definition) is 5.